The number of aromatic nitrogens is 3. The number of rotatable bonds is 2. The Balaban J connectivity index is 2.06. The Morgan fingerprint density at radius 2 is 2.06 bits per heavy atom. The highest BCUT2D eigenvalue weighted by Crippen LogP contribution is 2.19. The highest BCUT2D eigenvalue weighted by Gasteiger charge is 2.05. The Bertz CT molecular complexity index is 645. The Morgan fingerprint density at radius 1 is 1.29 bits per heavy atom. The normalized spacial score (nSPS) is 10.9. The maximum atomic E-state index is 10.6. The minimum absolute atomic E-state index is 0.675. The predicted molar refractivity (Wildman–Crippen MR) is 65.1 cm³/mol. The first-order valence-corrected chi connectivity index (χ1v) is 5.36. The first kappa shape index (κ1) is 9.84. The van der Waals surface area contributed by atoms with Gasteiger partial charge in [-0.15, -0.1) is 0 Å². The molecule has 0 amide bonds. The third-order valence-corrected chi connectivity index (χ3v) is 2.72. The number of carbonyl (C=O) groups excluding carboxylic acids is 1. The number of fused-ring (bicyclic) bond motifs is 1. The fourth-order valence-corrected chi connectivity index (χ4v) is 1.87. The first-order valence-electron chi connectivity index (χ1n) is 5.36. The number of aryl methyl sites for hydroxylation is 1. The van der Waals surface area contributed by atoms with Gasteiger partial charge in [-0.25, -0.2) is 9.50 Å². The average Bonchev–Trinajstić information content (AvgIpc) is 2.86. The topological polar surface area (TPSA) is 50.2 Å². The fourth-order valence-electron chi connectivity index (χ4n) is 1.87. The number of aromatic amines is 1. The second kappa shape index (κ2) is 3.59. The summed E-state index contributed by atoms with van der Waals surface area (Å²) in [6.45, 7) is 1.99. The first-order chi connectivity index (χ1) is 8.26. The molecule has 0 fully saturated rings. The van der Waals surface area contributed by atoms with Gasteiger partial charge in [-0.2, -0.15) is 0 Å². The lowest BCUT2D eigenvalue weighted by Gasteiger charge is -1.95. The lowest BCUT2D eigenvalue weighted by molar-refractivity contribution is 0.112. The highest BCUT2D eigenvalue weighted by atomic mass is 16.1. The van der Waals surface area contributed by atoms with Crippen molar-refractivity contribution in [1.82, 2.24) is 14.6 Å². The molecule has 0 bridgehead atoms. The summed E-state index contributed by atoms with van der Waals surface area (Å²) in [5.74, 6) is 0. The third-order valence-electron chi connectivity index (χ3n) is 2.72. The Hall–Kier alpha value is -2.36. The number of hydrogen-bond acceptors (Lipinski definition) is 2. The summed E-state index contributed by atoms with van der Waals surface area (Å²) < 4.78 is 1.89. The molecular formula is C13H11N3O. The molecular weight excluding hydrogens is 214 g/mol. The minimum Gasteiger partial charge on any atom is -0.298 e. The van der Waals surface area contributed by atoms with Crippen molar-refractivity contribution in [3.63, 3.8) is 0 Å². The zero-order valence-corrected chi connectivity index (χ0v) is 9.34. The van der Waals surface area contributed by atoms with Gasteiger partial charge in [0.15, 0.2) is 5.65 Å². The van der Waals surface area contributed by atoms with Gasteiger partial charge in [0.2, 0.25) is 0 Å². The number of imidazole rings is 1. The molecule has 0 aliphatic heterocycles. The van der Waals surface area contributed by atoms with Crippen molar-refractivity contribution in [2.24, 2.45) is 0 Å². The van der Waals surface area contributed by atoms with E-state index in [0.29, 0.717) is 5.56 Å². The number of nitrogens with one attached hydrogen (secondary N) is 1. The molecule has 0 aliphatic carbocycles. The average molecular weight is 225 g/mol. The maximum absolute atomic E-state index is 10.6. The quantitative estimate of drug-likeness (QED) is 0.681. The van der Waals surface area contributed by atoms with E-state index < -0.39 is 0 Å². The molecule has 0 radical (unpaired) electrons. The molecule has 84 valence electrons. The third kappa shape index (κ3) is 1.63. The molecule has 3 aromatic rings. The SMILES string of the molecule is Cc1cc2nc(-c3ccc(C=O)cc3)cn2[nH]1. The molecule has 0 spiro atoms. The van der Waals surface area contributed by atoms with Crippen LogP contribution in [0.4, 0.5) is 0 Å². The Kier molecular flexibility index (Phi) is 2.08. The van der Waals surface area contributed by atoms with Gasteiger partial charge in [0.05, 0.1) is 11.9 Å². The molecule has 17 heavy (non-hydrogen) atoms. The van der Waals surface area contributed by atoms with Crippen LogP contribution in [0.1, 0.15) is 16.1 Å². The summed E-state index contributed by atoms with van der Waals surface area (Å²) in [4.78, 5) is 15.1. The second-order valence-corrected chi connectivity index (χ2v) is 4.03. The number of benzene rings is 1. The van der Waals surface area contributed by atoms with Crippen LogP contribution >= 0.6 is 0 Å². The van der Waals surface area contributed by atoms with Gasteiger partial charge in [-0.1, -0.05) is 24.3 Å². The summed E-state index contributed by atoms with van der Waals surface area (Å²) >= 11 is 0. The molecule has 0 aliphatic rings. The van der Waals surface area contributed by atoms with Crippen molar-refractivity contribution in [1.29, 1.82) is 0 Å². The number of carbonyl (C=O) groups is 1. The Labute approximate surface area is 97.9 Å². The summed E-state index contributed by atoms with van der Waals surface area (Å²) in [6, 6.07) is 9.38. The monoisotopic (exact) mass is 225 g/mol. The zero-order valence-electron chi connectivity index (χ0n) is 9.34. The number of aldehydes is 1. The molecule has 2 heterocycles. The van der Waals surface area contributed by atoms with Crippen molar-refractivity contribution in [2.45, 2.75) is 6.92 Å². The van der Waals surface area contributed by atoms with E-state index in [1.54, 1.807) is 12.1 Å². The largest absolute Gasteiger partial charge is 0.298 e. The van der Waals surface area contributed by atoms with Crippen molar-refractivity contribution in [3.8, 4) is 11.3 Å². The Morgan fingerprint density at radius 3 is 2.71 bits per heavy atom. The molecule has 4 nitrogen and oxygen atoms in total. The van der Waals surface area contributed by atoms with Crippen molar-refractivity contribution < 1.29 is 4.79 Å². The van der Waals surface area contributed by atoms with E-state index >= 15 is 0 Å². The van der Waals surface area contributed by atoms with E-state index in [1.165, 1.54) is 0 Å². The molecule has 0 saturated heterocycles. The van der Waals surface area contributed by atoms with Crippen LogP contribution < -0.4 is 0 Å². The van der Waals surface area contributed by atoms with E-state index in [4.69, 9.17) is 0 Å². The number of hydrogen-bond donors (Lipinski definition) is 1. The fraction of sp³-hybridized carbons (Fsp3) is 0.0769. The lowest BCUT2D eigenvalue weighted by Crippen LogP contribution is -1.82. The summed E-state index contributed by atoms with van der Waals surface area (Å²) in [5, 5.41) is 3.17. The summed E-state index contributed by atoms with van der Waals surface area (Å²) in [5.41, 5.74) is 4.56. The second-order valence-electron chi connectivity index (χ2n) is 4.03. The maximum Gasteiger partial charge on any atom is 0.153 e. The van der Waals surface area contributed by atoms with E-state index in [9.17, 15) is 4.79 Å². The molecule has 4 heteroatoms. The van der Waals surface area contributed by atoms with Gasteiger partial charge >= 0.3 is 0 Å². The highest BCUT2D eigenvalue weighted by molar-refractivity contribution is 5.76. The van der Waals surface area contributed by atoms with Crippen molar-refractivity contribution in [2.75, 3.05) is 0 Å². The standard InChI is InChI=1S/C13H11N3O/c1-9-6-13-14-12(7-16(13)15-9)11-4-2-10(8-17)3-5-11/h2-8,15H,1H3. The van der Waals surface area contributed by atoms with Crippen LogP contribution in [0, 0.1) is 6.92 Å². The number of H-pyrrole nitrogens is 1. The van der Waals surface area contributed by atoms with E-state index in [1.807, 2.05) is 35.8 Å². The summed E-state index contributed by atoms with van der Waals surface area (Å²) in [6.07, 6.45) is 2.78. The molecule has 0 saturated carbocycles. The van der Waals surface area contributed by atoms with Gasteiger partial charge in [-0.3, -0.25) is 9.89 Å². The number of nitrogens with zero attached hydrogens (tertiary/aromatic N) is 2. The molecule has 0 atom stereocenters. The summed E-state index contributed by atoms with van der Waals surface area (Å²) in [7, 11) is 0. The predicted octanol–water partition coefficient (Wildman–Crippen LogP) is 2.45. The molecule has 0 unspecified atom stereocenters. The van der Waals surface area contributed by atoms with Crippen LogP contribution in [0.2, 0.25) is 0 Å². The van der Waals surface area contributed by atoms with Crippen LogP contribution in [0.25, 0.3) is 16.9 Å². The van der Waals surface area contributed by atoms with E-state index in [0.717, 1.165) is 28.9 Å². The van der Waals surface area contributed by atoms with Crippen LogP contribution in [0.3, 0.4) is 0 Å². The van der Waals surface area contributed by atoms with E-state index in [-0.39, 0.29) is 0 Å². The molecule has 3 rings (SSSR count). The van der Waals surface area contributed by atoms with Crippen LogP contribution in [-0.2, 0) is 0 Å². The van der Waals surface area contributed by atoms with Gasteiger partial charge < -0.3 is 0 Å². The van der Waals surface area contributed by atoms with Crippen LogP contribution in [0.15, 0.2) is 36.5 Å². The van der Waals surface area contributed by atoms with Gasteiger partial charge in [0.1, 0.15) is 6.29 Å². The van der Waals surface area contributed by atoms with Crippen LogP contribution in [-0.4, -0.2) is 20.9 Å². The molecule has 2 aromatic heterocycles. The molecule has 1 N–H and O–H groups in total. The van der Waals surface area contributed by atoms with Crippen molar-refractivity contribution >= 4 is 11.9 Å². The van der Waals surface area contributed by atoms with Gasteiger partial charge in [0.25, 0.3) is 0 Å². The minimum atomic E-state index is 0.675. The smallest absolute Gasteiger partial charge is 0.153 e. The van der Waals surface area contributed by atoms with E-state index in [2.05, 4.69) is 10.1 Å². The van der Waals surface area contributed by atoms with Crippen LogP contribution in [0.5, 0.6) is 0 Å². The van der Waals surface area contributed by atoms with Gasteiger partial charge in [-0.05, 0) is 6.92 Å². The van der Waals surface area contributed by atoms with Crippen molar-refractivity contribution in [3.05, 3.63) is 47.8 Å². The zero-order chi connectivity index (χ0) is 11.8. The lowest BCUT2D eigenvalue weighted by atomic mass is 10.1. The van der Waals surface area contributed by atoms with Gasteiger partial charge in [0, 0.05) is 22.9 Å². The molecule has 1 aromatic carbocycles.